The molecule has 10 atom stereocenters. The van der Waals surface area contributed by atoms with Gasteiger partial charge in [0, 0.05) is 0 Å². The molecule has 0 amide bonds. The Morgan fingerprint density at radius 1 is 0.414 bits per heavy atom. The van der Waals surface area contributed by atoms with Crippen molar-refractivity contribution in [3.05, 3.63) is 228 Å². The van der Waals surface area contributed by atoms with E-state index < -0.39 is 61.4 Å². The monoisotopic (exact) mass is 950 g/mol. The van der Waals surface area contributed by atoms with Gasteiger partial charge in [-0.3, -0.25) is 0 Å². The van der Waals surface area contributed by atoms with Crippen LogP contribution in [0.1, 0.15) is 53.1 Å². The molecule has 8 rings (SSSR count). The highest BCUT2D eigenvalue weighted by atomic mass is 16.8. The minimum absolute atomic E-state index is 0.102. The summed E-state index contributed by atoms with van der Waals surface area (Å²) < 4.78 is 67.5. The van der Waals surface area contributed by atoms with Crippen LogP contribution in [0.3, 0.4) is 0 Å². The quantitative estimate of drug-likeness (QED) is 0.0525. The van der Waals surface area contributed by atoms with Crippen LogP contribution in [0.2, 0.25) is 0 Å². The fourth-order valence-corrected chi connectivity index (χ4v) is 8.51. The summed E-state index contributed by atoms with van der Waals surface area (Å²) in [6.07, 6.45) is -4.18. The first-order valence-electron chi connectivity index (χ1n) is 24.4. The zero-order chi connectivity index (χ0) is 48.0. The minimum Gasteiger partial charge on any atom is -0.470 e. The lowest BCUT2D eigenvalue weighted by Gasteiger charge is -2.49. The zero-order valence-electron chi connectivity index (χ0n) is 39.8. The molecule has 11 heteroatoms. The maximum absolute atomic E-state index is 12.7. The summed E-state index contributed by atoms with van der Waals surface area (Å²) in [5.41, 5.74) is 5.83. The van der Waals surface area contributed by atoms with Gasteiger partial charge in [-0.2, -0.15) is 0 Å². The number of benzene rings is 6. The molecule has 2 heterocycles. The van der Waals surface area contributed by atoms with Gasteiger partial charge in [-0.1, -0.05) is 195 Å². The first kappa shape index (κ1) is 50.8. The third-order valence-corrected chi connectivity index (χ3v) is 12.2. The van der Waals surface area contributed by atoms with E-state index in [2.05, 4.69) is 6.92 Å². The molecule has 2 aliphatic heterocycles. The molecule has 6 aromatic rings. The van der Waals surface area contributed by atoms with Crippen LogP contribution in [-0.2, 0) is 87.0 Å². The molecule has 2 fully saturated rings. The van der Waals surface area contributed by atoms with Crippen molar-refractivity contribution in [3.63, 3.8) is 0 Å². The number of aliphatic hydroxyl groups excluding tert-OH is 1. The molecule has 0 aromatic heterocycles. The molecule has 0 unspecified atom stereocenters. The van der Waals surface area contributed by atoms with Gasteiger partial charge in [-0.25, -0.2) is 0 Å². The SMILES string of the molecule is CCCC=CO[C@@H]1O[C@H](COCc2ccccc2)[C@@H](OCc2ccccc2)[C@H](OCc2ccccc2)[C@@H]1O[C@@H]1O[C@H](COCc2ccccc2)[C@@H](OCc2ccccc2)[C@H](OCc2ccccc2)[C@@H]1O. The van der Waals surface area contributed by atoms with Gasteiger partial charge in [0.1, 0.15) is 42.7 Å². The molecule has 0 bridgehead atoms. The van der Waals surface area contributed by atoms with Crippen LogP contribution in [0.15, 0.2) is 194 Å². The van der Waals surface area contributed by atoms with Crippen LogP contribution in [0.5, 0.6) is 0 Å². The highest BCUT2D eigenvalue weighted by molar-refractivity contribution is 5.18. The Labute approximate surface area is 412 Å². The lowest BCUT2D eigenvalue weighted by atomic mass is 9.96. The van der Waals surface area contributed by atoms with E-state index in [1.54, 1.807) is 6.26 Å². The number of allylic oxidation sites excluding steroid dienone is 1. The Kier molecular flexibility index (Phi) is 20.1. The highest BCUT2D eigenvalue weighted by Crippen LogP contribution is 2.36. The Morgan fingerprint density at radius 2 is 0.757 bits per heavy atom. The Hall–Kier alpha value is -5.54. The Morgan fingerprint density at radius 3 is 1.16 bits per heavy atom. The second-order valence-electron chi connectivity index (χ2n) is 17.5. The molecule has 6 aromatic carbocycles. The predicted octanol–water partition coefficient (Wildman–Crippen LogP) is 10.3. The molecule has 2 aliphatic rings. The van der Waals surface area contributed by atoms with Crippen molar-refractivity contribution in [2.75, 3.05) is 13.2 Å². The Bertz CT molecular complexity index is 2340. The fourth-order valence-electron chi connectivity index (χ4n) is 8.51. The van der Waals surface area contributed by atoms with Crippen molar-refractivity contribution in [3.8, 4) is 0 Å². The second-order valence-corrected chi connectivity index (χ2v) is 17.5. The van der Waals surface area contributed by atoms with Crippen LogP contribution in [0, 0.1) is 0 Å². The summed E-state index contributed by atoms with van der Waals surface area (Å²) >= 11 is 0. The molecule has 368 valence electrons. The van der Waals surface area contributed by atoms with E-state index in [1.807, 2.05) is 188 Å². The van der Waals surface area contributed by atoms with Crippen molar-refractivity contribution in [2.45, 2.75) is 121 Å². The van der Waals surface area contributed by atoms with E-state index >= 15 is 0 Å². The lowest BCUT2D eigenvalue weighted by molar-refractivity contribution is -0.375. The van der Waals surface area contributed by atoms with Crippen LogP contribution < -0.4 is 0 Å². The molecule has 0 saturated carbocycles. The van der Waals surface area contributed by atoms with Crippen LogP contribution >= 0.6 is 0 Å². The van der Waals surface area contributed by atoms with Gasteiger partial charge in [0.25, 0.3) is 0 Å². The number of rotatable bonds is 26. The largest absolute Gasteiger partial charge is 0.470 e. The van der Waals surface area contributed by atoms with E-state index in [4.69, 9.17) is 47.4 Å². The average Bonchev–Trinajstić information content (AvgIpc) is 3.41. The molecular weight excluding hydrogens is 885 g/mol. The molecule has 70 heavy (non-hydrogen) atoms. The number of unbranched alkanes of at least 4 members (excludes halogenated alkanes) is 1. The summed E-state index contributed by atoms with van der Waals surface area (Å²) in [6, 6.07) is 59.6. The molecular formula is C59H66O11. The third-order valence-electron chi connectivity index (χ3n) is 12.2. The predicted molar refractivity (Wildman–Crippen MR) is 266 cm³/mol. The fraction of sp³-hybridized carbons (Fsp3) is 0.356. The summed E-state index contributed by atoms with van der Waals surface area (Å²) in [5.74, 6) is 0. The van der Waals surface area contributed by atoms with Gasteiger partial charge in [0.05, 0.1) is 59.1 Å². The molecule has 0 spiro atoms. The normalized spacial score (nSPS) is 24.7. The molecule has 1 N–H and O–H groups in total. The van der Waals surface area contributed by atoms with E-state index in [9.17, 15) is 5.11 Å². The van der Waals surface area contributed by atoms with E-state index in [0.717, 1.165) is 46.2 Å². The summed E-state index contributed by atoms with van der Waals surface area (Å²) in [5, 5.41) is 12.7. The molecule has 0 radical (unpaired) electrons. The zero-order valence-corrected chi connectivity index (χ0v) is 39.8. The summed E-state index contributed by atoms with van der Waals surface area (Å²) in [4.78, 5) is 0. The lowest BCUT2D eigenvalue weighted by Crippen LogP contribution is -2.66. The first-order chi connectivity index (χ1) is 34.6. The number of aliphatic hydroxyl groups is 1. The number of ether oxygens (including phenoxy) is 10. The smallest absolute Gasteiger partial charge is 0.228 e. The van der Waals surface area contributed by atoms with Crippen molar-refractivity contribution in [1.82, 2.24) is 0 Å². The molecule has 2 saturated heterocycles. The number of hydrogen-bond donors (Lipinski definition) is 1. The van der Waals surface area contributed by atoms with Gasteiger partial charge in [-0.05, 0) is 45.9 Å². The van der Waals surface area contributed by atoms with E-state index in [1.165, 1.54) is 0 Å². The second kappa shape index (κ2) is 27.7. The highest BCUT2D eigenvalue weighted by Gasteiger charge is 2.54. The topological polar surface area (TPSA) is 113 Å². The van der Waals surface area contributed by atoms with Crippen LogP contribution in [0.4, 0.5) is 0 Å². The van der Waals surface area contributed by atoms with Gasteiger partial charge >= 0.3 is 0 Å². The molecule has 11 nitrogen and oxygen atoms in total. The van der Waals surface area contributed by atoms with Crippen LogP contribution in [0.25, 0.3) is 0 Å². The Balaban J connectivity index is 1.14. The van der Waals surface area contributed by atoms with Gasteiger partial charge < -0.3 is 52.5 Å². The van der Waals surface area contributed by atoms with Crippen molar-refractivity contribution >= 4 is 0 Å². The first-order valence-corrected chi connectivity index (χ1v) is 24.4. The number of hydrogen-bond acceptors (Lipinski definition) is 11. The average molecular weight is 951 g/mol. The molecule has 0 aliphatic carbocycles. The summed E-state index contributed by atoms with van der Waals surface area (Å²) in [7, 11) is 0. The van der Waals surface area contributed by atoms with Gasteiger partial charge in [-0.15, -0.1) is 0 Å². The van der Waals surface area contributed by atoms with E-state index in [0.29, 0.717) is 13.2 Å². The van der Waals surface area contributed by atoms with Crippen molar-refractivity contribution < 1.29 is 52.5 Å². The van der Waals surface area contributed by atoms with Gasteiger partial charge in [0.15, 0.2) is 12.4 Å². The minimum atomic E-state index is -1.36. The standard InChI is InChI=1S/C59H66O11/c1-2-3-22-35-63-59-57(56(67-41-49-33-20-9-21-34-49)54(65-39-47-29-16-7-17-30-47)51(69-59)43-62-37-45-25-12-5-13-26-45)70-58-52(60)55(66-40-48-31-18-8-19-32-48)53(64-38-46-27-14-6-15-28-46)50(68-58)42-61-36-44-23-10-4-11-24-44/h4-35,50-60H,2-3,36-43H2,1H3/t50-,51-,52+,53-,54-,55-,56+,57+,58+,59-/m1/s1. The van der Waals surface area contributed by atoms with Crippen molar-refractivity contribution in [1.29, 1.82) is 0 Å². The van der Waals surface area contributed by atoms with E-state index in [-0.39, 0.29) is 39.6 Å². The third kappa shape index (κ3) is 15.2. The van der Waals surface area contributed by atoms with Gasteiger partial charge in [0.2, 0.25) is 6.29 Å². The van der Waals surface area contributed by atoms with Crippen molar-refractivity contribution in [2.24, 2.45) is 0 Å². The summed E-state index contributed by atoms with van der Waals surface area (Å²) in [6.45, 7) is 3.96. The van der Waals surface area contributed by atoms with Crippen LogP contribution in [-0.4, -0.2) is 79.7 Å². The maximum atomic E-state index is 12.7. The maximum Gasteiger partial charge on any atom is 0.228 e.